The summed E-state index contributed by atoms with van der Waals surface area (Å²) in [5.41, 5.74) is 6.03. The molecule has 4 atom stereocenters. The average Bonchev–Trinajstić information content (AvgIpc) is 2.94. The lowest BCUT2D eigenvalue weighted by Crippen LogP contribution is -2.62. The predicted octanol–water partition coefficient (Wildman–Crippen LogP) is 6.86. The fourth-order valence-electron chi connectivity index (χ4n) is 5.04. The number of nitrogens with two attached hydrogens (primary N) is 1. The van der Waals surface area contributed by atoms with E-state index in [9.17, 15) is 14.4 Å². The van der Waals surface area contributed by atoms with Crippen molar-refractivity contribution in [3.8, 4) is 0 Å². The van der Waals surface area contributed by atoms with Crippen molar-refractivity contribution < 1.29 is 28.3 Å². The minimum Gasteiger partial charge on any atom is -0.467 e. The highest BCUT2D eigenvalue weighted by atomic mass is 28.4. The van der Waals surface area contributed by atoms with Crippen LogP contribution in [0.4, 0.5) is 4.79 Å². The fourth-order valence-corrected chi connectivity index (χ4v) is 6.41. The Balaban J connectivity index is 2.72. The van der Waals surface area contributed by atoms with E-state index in [0.717, 1.165) is 11.1 Å². The van der Waals surface area contributed by atoms with E-state index in [2.05, 4.69) is 39.2 Å². The van der Waals surface area contributed by atoms with Gasteiger partial charge in [0.15, 0.2) is 19.6 Å². The number of Topliss-reactive ketones (excluding diaryl/α,β-unsaturated/α-hetero) is 1. The zero-order chi connectivity index (χ0) is 34.2. The summed E-state index contributed by atoms with van der Waals surface area (Å²) in [6.07, 6.45) is -0.172. The number of ketones is 1. The number of ether oxygens (including phenoxy) is 2. The lowest BCUT2D eigenvalue weighted by molar-refractivity contribution is -0.155. The van der Waals surface area contributed by atoms with Crippen LogP contribution in [0.15, 0.2) is 60.7 Å². The maximum Gasteiger partial charge on any atom is 0.407 e. The SMILES string of the molecule is COC(=O)C(N)(C(=O)C(Cc1ccccc1)CC(O[Si](C)(C)C(C)(C)C)C(Cc1ccccc1)NC(=O)OC(C)(C)C)C(C)C. The van der Waals surface area contributed by atoms with Gasteiger partial charge in [-0.3, -0.25) is 4.79 Å². The van der Waals surface area contributed by atoms with Crippen molar-refractivity contribution in [2.75, 3.05) is 7.11 Å². The molecule has 0 aliphatic heterocycles. The van der Waals surface area contributed by atoms with Crippen LogP contribution < -0.4 is 11.1 Å². The highest BCUT2D eigenvalue weighted by Gasteiger charge is 2.50. The molecule has 2 rings (SSSR count). The number of rotatable bonds is 14. The van der Waals surface area contributed by atoms with E-state index in [-0.39, 0.29) is 11.5 Å². The molecule has 4 unspecified atom stereocenters. The Hall–Kier alpha value is -3.01. The van der Waals surface area contributed by atoms with Gasteiger partial charge >= 0.3 is 12.1 Å². The van der Waals surface area contributed by atoms with Crippen LogP contribution in [0.1, 0.15) is 72.9 Å². The molecular weight excluding hydrogens is 584 g/mol. The third-order valence-electron chi connectivity index (χ3n) is 8.76. The quantitative estimate of drug-likeness (QED) is 0.132. The number of hydrogen-bond donors (Lipinski definition) is 2. The van der Waals surface area contributed by atoms with Crippen molar-refractivity contribution in [2.24, 2.45) is 17.6 Å². The summed E-state index contributed by atoms with van der Waals surface area (Å²) in [6, 6.07) is 19.0. The molecule has 45 heavy (non-hydrogen) atoms. The van der Waals surface area contributed by atoms with Crippen molar-refractivity contribution in [2.45, 2.75) is 116 Å². The number of hydrogen-bond acceptors (Lipinski definition) is 7. The predicted molar refractivity (Wildman–Crippen MR) is 182 cm³/mol. The Bertz CT molecular complexity index is 1250. The van der Waals surface area contributed by atoms with Crippen LogP contribution in [0.2, 0.25) is 18.1 Å². The summed E-state index contributed by atoms with van der Waals surface area (Å²) in [7, 11) is -1.22. The zero-order valence-corrected chi connectivity index (χ0v) is 30.2. The Morgan fingerprint density at radius 1 is 0.844 bits per heavy atom. The number of carbonyl (C=O) groups excluding carboxylic acids is 3. The first kappa shape index (κ1) is 38.2. The molecule has 0 saturated carbocycles. The Labute approximate surface area is 271 Å². The van der Waals surface area contributed by atoms with E-state index in [0.29, 0.717) is 12.8 Å². The molecule has 2 aromatic rings. The van der Waals surface area contributed by atoms with Gasteiger partial charge in [-0.15, -0.1) is 0 Å². The topological polar surface area (TPSA) is 117 Å². The second kappa shape index (κ2) is 15.5. The molecule has 0 radical (unpaired) electrons. The fraction of sp³-hybridized carbons (Fsp3) is 0.583. The van der Waals surface area contributed by atoms with Gasteiger partial charge in [-0.05, 0) is 75.2 Å². The van der Waals surface area contributed by atoms with Crippen LogP contribution in [0.3, 0.4) is 0 Å². The summed E-state index contributed by atoms with van der Waals surface area (Å²) in [4.78, 5) is 40.9. The summed E-state index contributed by atoms with van der Waals surface area (Å²) in [5.74, 6) is -2.41. The molecule has 2 aromatic carbocycles. The minimum atomic E-state index is -2.46. The van der Waals surface area contributed by atoms with Crippen molar-refractivity contribution in [3.63, 3.8) is 0 Å². The van der Waals surface area contributed by atoms with E-state index < -0.39 is 61.3 Å². The lowest BCUT2D eigenvalue weighted by atomic mass is 9.74. The molecule has 9 heteroatoms. The first-order valence-corrected chi connectivity index (χ1v) is 18.8. The van der Waals surface area contributed by atoms with E-state index in [1.165, 1.54) is 7.11 Å². The molecule has 0 aromatic heterocycles. The van der Waals surface area contributed by atoms with Crippen molar-refractivity contribution in [1.82, 2.24) is 5.32 Å². The smallest absolute Gasteiger partial charge is 0.407 e. The van der Waals surface area contributed by atoms with Gasteiger partial charge < -0.3 is 25.0 Å². The number of alkyl carbamates (subject to hydrolysis) is 1. The number of benzene rings is 2. The first-order valence-electron chi connectivity index (χ1n) is 15.9. The molecule has 0 heterocycles. The summed E-state index contributed by atoms with van der Waals surface area (Å²) in [6.45, 7) is 19.7. The number of nitrogens with one attached hydrogen (secondary N) is 1. The number of amides is 1. The Morgan fingerprint density at radius 3 is 1.76 bits per heavy atom. The second-order valence-electron chi connectivity index (χ2n) is 14.9. The number of esters is 1. The monoisotopic (exact) mass is 640 g/mol. The normalized spacial score (nSPS) is 15.8. The van der Waals surface area contributed by atoms with E-state index >= 15 is 0 Å². The molecule has 0 fully saturated rings. The molecule has 0 saturated heterocycles. The zero-order valence-electron chi connectivity index (χ0n) is 29.2. The number of methoxy groups -OCH3 is 1. The van der Waals surface area contributed by atoms with E-state index in [1.807, 2.05) is 81.4 Å². The van der Waals surface area contributed by atoms with Crippen LogP contribution >= 0.6 is 0 Å². The largest absolute Gasteiger partial charge is 0.467 e. The van der Waals surface area contributed by atoms with Crippen LogP contribution in [0.5, 0.6) is 0 Å². The first-order chi connectivity index (χ1) is 20.7. The van der Waals surface area contributed by atoms with Gasteiger partial charge in [-0.1, -0.05) is 95.3 Å². The molecule has 0 bridgehead atoms. The summed E-state index contributed by atoms with van der Waals surface area (Å²) in [5, 5.41) is 2.94. The molecule has 0 aliphatic carbocycles. The van der Waals surface area contributed by atoms with Crippen LogP contribution in [0, 0.1) is 11.8 Å². The van der Waals surface area contributed by atoms with Crippen LogP contribution in [-0.4, -0.2) is 56.6 Å². The average molecular weight is 641 g/mol. The molecular formula is C36H56N2O6Si. The highest BCUT2D eigenvalue weighted by Crippen LogP contribution is 2.39. The van der Waals surface area contributed by atoms with Crippen molar-refractivity contribution in [3.05, 3.63) is 71.8 Å². The maximum atomic E-state index is 14.5. The van der Waals surface area contributed by atoms with Crippen molar-refractivity contribution >= 4 is 26.2 Å². The van der Waals surface area contributed by atoms with Crippen LogP contribution in [-0.2, 0) is 36.3 Å². The van der Waals surface area contributed by atoms with E-state index in [1.54, 1.807) is 13.8 Å². The molecule has 0 spiro atoms. The summed E-state index contributed by atoms with van der Waals surface area (Å²) < 4.78 is 17.9. The molecule has 250 valence electrons. The molecule has 3 N–H and O–H groups in total. The van der Waals surface area contributed by atoms with Gasteiger partial charge in [-0.2, -0.15) is 0 Å². The van der Waals surface area contributed by atoms with Gasteiger partial charge in [0.1, 0.15) is 5.60 Å². The standard InChI is InChI=1S/C36H56N2O6Si/c1-25(2)36(37,32(40)42-9)31(39)28(22-26-18-14-12-15-19-26)24-30(44-45(10,11)35(6,7)8)29(23-27-20-16-13-17-21-27)38-33(41)43-34(3,4)5/h12-21,25,28-30H,22-24,37H2,1-11H3,(H,38,41). The third kappa shape index (κ3) is 10.8. The molecule has 0 aliphatic rings. The van der Waals surface area contributed by atoms with Crippen LogP contribution in [0.25, 0.3) is 0 Å². The molecule has 8 nitrogen and oxygen atoms in total. The van der Waals surface area contributed by atoms with E-state index in [4.69, 9.17) is 19.6 Å². The Kier molecular flexibility index (Phi) is 13.2. The minimum absolute atomic E-state index is 0.158. The lowest BCUT2D eigenvalue weighted by Gasteiger charge is -2.43. The van der Waals surface area contributed by atoms with Crippen molar-refractivity contribution in [1.29, 1.82) is 0 Å². The van der Waals surface area contributed by atoms with Gasteiger partial charge in [-0.25, -0.2) is 9.59 Å². The Morgan fingerprint density at radius 2 is 1.33 bits per heavy atom. The molecule has 1 amide bonds. The second-order valence-corrected chi connectivity index (χ2v) is 19.6. The highest BCUT2D eigenvalue weighted by molar-refractivity contribution is 6.74. The third-order valence-corrected chi connectivity index (χ3v) is 13.3. The van der Waals surface area contributed by atoms with Gasteiger partial charge in [0, 0.05) is 5.92 Å². The maximum absolute atomic E-state index is 14.5. The summed E-state index contributed by atoms with van der Waals surface area (Å²) >= 11 is 0. The van der Waals surface area contributed by atoms with Gasteiger partial charge in [0.2, 0.25) is 0 Å². The van der Waals surface area contributed by atoms with Gasteiger partial charge in [0.25, 0.3) is 0 Å². The number of carbonyl (C=O) groups is 3. The van der Waals surface area contributed by atoms with Gasteiger partial charge in [0.05, 0.1) is 19.3 Å².